The van der Waals surface area contributed by atoms with Crippen molar-refractivity contribution in [3.63, 3.8) is 0 Å². The number of hydrogen-bond acceptors (Lipinski definition) is 4. The van der Waals surface area contributed by atoms with Gasteiger partial charge in [0.15, 0.2) is 0 Å². The van der Waals surface area contributed by atoms with Gasteiger partial charge >= 0.3 is 0 Å². The number of hydrogen-bond donors (Lipinski definition) is 2. The van der Waals surface area contributed by atoms with E-state index >= 15 is 0 Å². The topological polar surface area (TPSA) is 35.5 Å². The normalized spacial score (nSPS) is 34.4. The zero-order valence-corrected chi connectivity index (χ0v) is 9.36. The molecule has 1 heterocycles. The summed E-state index contributed by atoms with van der Waals surface area (Å²) in [6.45, 7) is 4.84. The molecule has 1 fully saturated rings. The predicted octanol–water partition coefficient (Wildman–Crippen LogP) is 0.353. The maximum atomic E-state index is 9.87. The van der Waals surface area contributed by atoms with Gasteiger partial charge in [0.25, 0.3) is 0 Å². The van der Waals surface area contributed by atoms with Gasteiger partial charge in [-0.05, 0) is 14.0 Å². The Balaban J connectivity index is 2.37. The van der Waals surface area contributed by atoms with Crippen LogP contribution in [0.2, 0.25) is 0 Å². The van der Waals surface area contributed by atoms with E-state index < -0.39 is 5.72 Å². The zero-order valence-electron chi connectivity index (χ0n) is 8.55. The largest absolute Gasteiger partial charge is 0.376 e. The minimum Gasteiger partial charge on any atom is -0.376 e. The molecule has 1 aliphatic rings. The van der Waals surface area contributed by atoms with Crippen LogP contribution in [0.3, 0.4) is 0 Å². The molecule has 0 bridgehead atoms. The first kappa shape index (κ1) is 11.3. The highest BCUT2D eigenvalue weighted by Crippen LogP contribution is 2.09. The van der Waals surface area contributed by atoms with Crippen molar-refractivity contribution in [1.29, 1.82) is 0 Å². The lowest BCUT2D eigenvalue weighted by Crippen LogP contribution is -2.46. The Morgan fingerprint density at radius 2 is 2.15 bits per heavy atom. The summed E-state index contributed by atoms with van der Waals surface area (Å²) in [5.41, 5.74) is -0.688. The van der Waals surface area contributed by atoms with Crippen molar-refractivity contribution in [2.45, 2.75) is 19.1 Å². The van der Waals surface area contributed by atoms with Crippen LogP contribution in [0.15, 0.2) is 0 Å². The van der Waals surface area contributed by atoms with E-state index in [1.54, 1.807) is 0 Å². The van der Waals surface area contributed by atoms with Crippen LogP contribution in [0, 0.1) is 0 Å². The molecule has 0 aromatic rings. The molecule has 3 nitrogen and oxygen atoms in total. The third-order valence-corrected chi connectivity index (χ3v) is 3.31. The lowest BCUT2D eigenvalue weighted by atomic mass is 10.1. The van der Waals surface area contributed by atoms with E-state index in [1.165, 1.54) is 5.75 Å². The van der Waals surface area contributed by atoms with Gasteiger partial charge in [-0.3, -0.25) is 5.32 Å². The third-order valence-electron chi connectivity index (χ3n) is 2.35. The summed E-state index contributed by atoms with van der Waals surface area (Å²) in [5, 5.41) is 13.0. The van der Waals surface area contributed by atoms with Crippen LogP contribution in [-0.2, 0) is 0 Å². The lowest BCUT2D eigenvalue weighted by molar-refractivity contribution is 0.0106. The number of thioether (sulfide) groups is 1. The van der Waals surface area contributed by atoms with E-state index in [0.29, 0.717) is 0 Å². The Morgan fingerprint density at radius 3 is 2.92 bits per heavy atom. The van der Waals surface area contributed by atoms with Gasteiger partial charge in [0.1, 0.15) is 5.72 Å². The van der Waals surface area contributed by atoms with Crippen LogP contribution in [-0.4, -0.2) is 53.9 Å². The van der Waals surface area contributed by atoms with E-state index in [9.17, 15) is 5.11 Å². The molecule has 0 spiro atoms. The first-order valence-electron chi connectivity index (χ1n) is 4.84. The molecule has 1 rings (SSSR count). The molecular formula is C9H20N2OS. The molecule has 1 saturated heterocycles. The van der Waals surface area contributed by atoms with Crippen LogP contribution in [0.1, 0.15) is 13.3 Å². The van der Waals surface area contributed by atoms with E-state index in [1.807, 2.05) is 18.7 Å². The highest BCUT2D eigenvalue weighted by molar-refractivity contribution is 7.99. The molecule has 2 N–H and O–H groups in total. The van der Waals surface area contributed by atoms with Gasteiger partial charge in [0, 0.05) is 37.6 Å². The molecule has 0 aromatic carbocycles. The molecule has 13 heavy (non-hydrogen) atoms. The van der Waals surface area contributed by atoms with E-state index in [2.05, 4.69) is 17.3 Å². The van der Waals surface area contributed by atoms with Crippen molar-refractivity contribution in [3.8, 4) is 0 Å². The van der Waals surface area contributed by atoms with Gasteiger partial charge in [0.05, 0.1) is 0 Å². The summed E-state index contributed by atoms with van der Waals surface area (Å²) in [4.78, 5) is 2.27. The molecule has 0 saturated carbocycles. The van der Waals surface area contributed by atoms with Crippen LogP contribution < -0.4 is 5.32 Å². The highest BCUT2D eigenvalue weighted by atomic mass is 32.2. The van der Waals surface area contributed by atoms with Gasteiger partial charge in [-0.25, -0.2) is 0 Å². The SMILES string of the molecule is CN1CCSCCN[C@@](C)(O)CC1. The third kappa shape index (κ3) is 4.86. The number of nitrogens with zero attached hydrogens (tertiary/aromatic N) is 1. The Kier molecular flexibility index (Phi) is 4.52. The standard InChI is InChI=1S/C9H20N2OS/c1-9(12)3-5-11(2)6-8-13-7-4-10-9/h10,12H,3-8H2,1-2H3/t9-/m0/s1. The average Bonchev–Trinajstić information content (AvgIpc) is 2.07. The Morgan fingerprint density at radius 1 is 1.38 bits per heavy atom. The first-order valence-corrected chi connectivity index (χ1v) is 5.99. The summed E-state index contributed by atoms with van der Waals surface area (Å²) in [6.07, 6.45) is 0.800. The van der Waals surface area contributed by atoms with Crippen LogP contribution in [0.25, 0.3) is 0 Å². The van der Waals surface area contributed by atoms with Crippen molar-refractivity contribution in [2.24, 2.45) is 0 Å². The van der Waals surface area contributed by atoms with Gasteiger partial charge in [0.2, 0.25) is 0 Å². The molecular weight excluding hydrogens is 184 g/mol. The monoisotopic (exact) mass is 204 g/mol. The Bertz CT molecular complexity index is 153. The van der Waals surface area contributed by atoms with Crippen molar-refractivity contribution in [2.75, 3.05) is 38.2 Å². The number of aliphatic hydroxyl groups is 1. The lowest BCUT2D eigenvalue weighted by Gasteiger charge is -2.28. The van der Waals surface area contributed by atoms with Crippen LogP contribution in [0.5, 0.6) is 0 Å². The van der Waals surface area contributed by atoms with Gasteiger partial charge in [-0.2, -0.15) is 11.8 Å². The molecule has 78 valence electrons. The maximum Gasteiger partial charge on any atom is 0.114 e. The van der Waals surface area contributed by atoms with E-state index in [-0.39, 0.29) is 0 Å². The van der Waals surface area contributed by atoms with Gasteiger partial charge in [-0.15, -0.1) is 0 Å². The summed E-state index contributed by atoms with van der Waals surface area (Å²) in [7, 11) is 2.11. The second-order valence-corrected chi connectivity index (χ2v) is 5.09. The first-order chi connectivity index (χ1) is 6.10. The molecule has 0 unspecified atom stereocenters. The average molecular weight is 204 g/mol. The summed E-state index contributed by atoms with van der Waals surface area (Å²) >= 11 is 1.94. The maximum absolute atomic E-state index is 9.87. The fraction of sp³-hybridized carbons (Fsp3) is 1.00. The van der Waals surface area contributed by atoms with Crippen LogP contribution in [0.4, 0.5) is 0 Å². The highest BCUT2D eigenvalue weighted by Gasteiger charge is 2.19. The molecule has 1 atom stereocenters. The second kappa shape index (κ2) is 5.20. The molecule has 0 aromatic heterocycles. The van der Waals surface area contributed by atoms with Crippen molar-refractivity contribution in [3.05, 3.63) is 0 Å². The molecule has 4 heteroatoms. The number of rotatable bonds is 0. The quantitative estimate of drug-likeness (QED) is 0.597. The fourth-order valence-electron chi connectivity index (χ4n) is 1.32. The summed E-state index contributed by atoms with van der Waals surface area (Å²) in [5.74, 6) is 2.28. The smallest absolute Gasteiger partial charge is 0.114 e. The Labute approximate surface area is 84.9 Å². The summed E-state index contributed by atoms with van der Waals surface area (Å²) in [6, 6.07) is 0. The minimum absolute atomic E-state index is 0.688. The number of nitrogens with one attached hydrogen (secondary N) is 1. The zero-order chi connectivity index (χ0) is 9.73. The van der Waals surface area contributed by atoms with Crippen LogP contribution >= 0.6 is 11.8 Å². The minimum atomic E-state index is -0.688. The summed E-state index contributed by atoms with van der Waals surface area (Å²) < 4.78 is 0. The predicted molar refractivity (Wildman–Crippen MR) is 58.1 cm³/mol. The van der Waals surface area contributed by atoms with Crippen molar-refractivity contribution < 1.29 is 5.11 Å². The van der Waals surface area contributed by atoms with Crippen molar-refractivity contribution >= 4 is 11.8 Å². The molecule has 0 radical (unpaired) electrons. The molecule has 1 aliphatic heterocycles. The van der Waals surface area contributed by atoms with E-state index in [4.69, 9.17) is 0 Å². The fourth-order valence-corrected chi connectivity index (χ4v) is 2.21. The van der Waals surface area contributed by atoms with Gasteiger partial charge < -0.3 is 10.0 Å². The molecule has 0 amide bonds. The second-order valence-electron chi connectivity index (χ2n) is 3.87. The van der Waals surface area contributed by atoms with Crippen molar-refractivity contribution in [1.82, 2.24) is 10.2 Å². The Hall–Kier alpha value is 0.230. The van der Waals surface area contributed by atoms with Gasteiger partial charge in [-0.1, -0.05) is 0 Å². The molecule has 0 aliphatic carbocycles. The van der Waals surface area contributed by atoms with E-state index in [0.717, 1.165) is 31.8 Å².